The van der Waals surface area contributed by atoms with Gasteiger partial charge >= 0.3 is 12.1 Å². The van der Waals surface area contributed by atoms with Crippen molar-refractivity contribution in [3.8, 4) is 10.4 Å². The number of aryl methyl sites for hydroxylation is 1. The number of fused-ring (bicyclic) bond motifs is 3. The molecule has 3 N–H and O–H groups in total. The van der Waals surface area contributed by atoms with Gasteiger partial charge in [-0.2, -0.15) is 0 Å². The summed E-state index contributed by atoms with van der Waals surface area (Å²) < 4.78 is 5.65. The topological polar surface area (TPSA) is 147 Å². The zero-order valence-electron chi connectivity index (χ0n) is 28.3. The van der Waals surface area contributed by atoms with E-state index in [-0.39, 0.29) is 25.0 Å². The number of nitrogens with zero attached hydrogens (tertiary/aromatic N) is 2. The normalized spacial score (nSPS) is 30.2. The first-order valence-corrected chi connectivity index (χ1v) is 19.1. The lowest BCUT2D eigenvalue weighted by Gasteiger charge is -2.29. The number of thiophene rings is 1. The lowest BCUT2D eigenvalue weighted by molar-refractivity contribution is -0.145. The highest BCUT2D eigenvalue weighted by molar-refractivity contribution is 7.13. The fourth-order valence-corrected chi connectivity index (χ4v) is 8.67. The molecule has 1 aromatic heterocycles. The van der Waals surface area contributed by atoms with Crippen molar-refractivity contribution in [1.82, 2.24) is 15.5 Å². The fraction of sp³-hybridized carbons (Fsp3) is 0.553. The van der Waals surface area contributed by atoms with Crippen LogP contribution in [0.2, 0.25) is 0 Å². The molecule has 2 aliphatic heterocycles. The van der Waals surface area contributed by atoms with E-state index in [0.29, 0.717) is 19.3 Å². The molecular formula is C38H46N4O7S. The Balaban J connectivity index is 1.13. The van der Waals surface area contributed by atoms with Gasteiger partial charge < -0.3 is 30.2 Å². The minimum Gasteiger partial charge on any atom is -0.479 e. The second kappa shape index (κ2) is 15.0. The van der Waals surface area contributed by atoms with Crippen LogP contribution in [0, 0.1) is 5.92 Å². The van der Waals surface area contributed by atoms with Gasteiger partial charge in [0.15, 0.2) is 0 Å². The van der Waals surface area contributed by atoms with Crippen molar-refractivity contribution in [2.24, 2.45) is 11.1 Å². The van der Waals surface area contributed by atoms with Gasteiger partial charge in [-0.1, -0.05) is 48.3 Å². The molecular weight excluding hydrogens is 657 g/mol. The van der Waals surface area contributed by atoms with E-state index < -0.39 is 47.6 Å². The SMILES string of the molecule is O=C(N[C@H]1CCCCC/C=C\[C@@H]2C[C@]2(C(=O)O)NC(=O)[C@@H]2C[C@@H](O/N=C3\CCCc4ccc(-c5cccs5)cc43)CN2C1=O)OC1CCCC1. The molecule has 5 aliphatic rings. The minimum atomic E-state index is -1.41. The summed E-state index contributed by atoms with van der Waals surface area (Å²) in [6.07, 6.45) is 12.7. The molecule has 0 spiro atoms. The molecule has 266 valence electrons. The van der Waals surface area contributed by atoms with Gasteiger partial charge in [0.1, 0.15) is 29.8 Å². The van der Waals surface area contributed by atoms with Crippen molar-refractivity contribution >= 4 is 40.9 Å². The number of aliphatic carboxylic acids is 1. The summed E-state index contributed by atoms with van der Waals surface area (Å²) in [5.41, 5.74) is 2.80. The number of hydrogen-bond donors (Lipinski definition) is 3. The van der Waals surface area contributed by atoms with Crippen molar-refractivity contribution in [3.05, 3.63) is 59.0 Å². The van der Waals surface area contributed by atoms with Crippen LogP contribution in [-0.4, -0.2) is 76.0 Å². The first-order valence-electron chi connectivity index (χ1n) is 18.2. The molecule has 11 nitrogen and oxygen atoms in total. The van der Waals surface area contributed by atoms with Crippen LogP contribution in [0.1, 0.15) is 94.6 Å². The summed E-state index contributed by atoms with van der Waals surface area (Å²) in [5, 5.41) is 22.5. The second-order valence-corrected chi connectivity index (χ2v) is 15.3. The van der Waals surface area contributed by atoms with Crippen LogP contribution in [0.5, 0.6) is 0 Å². The van der Waals surface area contributed by atoms with Crippen molar-refractivity contribution in [2.45, 2.75) is 120 Å². The summed E-state index contributed by atoms with van der Waals surface area (Å²) >= 11 is 1.68. The van der Waals surface area contributed by atoms with Crippen molar-refractivity contribution in [2.75, 3.05) is 6.54 Å². The number of rotatable bonds is 6. The summed E-state index contributed by atoms with van der Waals surface area (Å²) in [6.45, 7) is 0.0784. The van der Waals surface area contributed by atoms with E-state index in [1.165, 1.54) is 15.3 Å². The molecule has 0 bridgehead atoms. The highest BCUT2D eigenvalue weighted by atomic mass is 32.1. The van der Waals surface area contributed by atoms with Gasteiger partial charge in [-0.25, -0.2) is 9.59 Å². The summed E-state index contributed by atoms with van der Waals surface area (Å²) in [4.78, 5) is 62.5. The molecule has 1 aromatic carbocycles. The van der Waals surface area contributed by atoms with Crippen LogP contribution in [0.15, 0.2) is 53.0 Å². The molecule has 0 radical (unpaired) electrons. The van der Waals surface area contributed by atoms with Crippen LogP contribution < -0.4 is 10.6 Å². The van der Waals surface area contributed by atoms with E-state index in [1.807, 2.05) is 18.2 Å². The predicted molar refractivity (Wildman–Crippen MR) is 189 cm³/mol. The standard InChI is InChI=1S/C38H46N4O7S/c43-34-32-21-28(49-41-30-15-8-10-24-17-18-25(20-29(24)30)33-16-9-19-50-33)23-42(32)35(44)31(39-37(47)48-27-12-6-7-13-27)14-5-3-1-2-4-11-26-22-38(26,40-34)36(45)46/h4,9,11,16-20,26-28,31-32H,1-3,5-8,10,12-15,21-23H2,(H,39,47)(H,40,43)(H,45,46)/b11-4-,41-30+/t26-,28-,31+,32+,38+/m1/s1. The summed E-state index contributed by atoms with van der Waals surface area (Å²) in [6, 6.07) is 8.69. The van der Waals surface area contributed by atoms with E-state index in [9.17, 15) is 24.3 Å². The number of carbonyl (C=O) groups excluding carboxylic acids is 3. The average Bonchev–Trinajstić information content (AvgIpc) is 3.61. The zero-order chi connectivity index (χ0) is 34.7. The average molecular weight is 703 g/mol. The number of hydrogen-bond acceptors (Lipinski definition) is 8. The van der Waals surface area contributed by atoms with Gasteiger partial charge in [-0.15, -0.1) is 11.3 Å². The minimum absolute atomic E-state index is 0.0784. The third kappa shape index (κ3) is 7.45. The number of alkyl carbamates (subject to hydrolysis) is 1. The maximum Gasteiger partial charge on any atom is 0.408 e. The zero-order valence-corrected chi connectivity index (χ0v) is 29.1. The lowest BCUT2D eigenvalue weighted by Crippen LogP contribution is -2.56. The van der Waals surface area contributed by atoms with E-state index >= 15 is 0 Å². The quantitative estimate of drug-likeness (QED) is 0.249. The monoisotopic (exact) mass is 702 g/mol. The van der Waals surface area contributed by atoms with Gasteiger partial charge in [-0.3, -0.25) is 9.59 Å². The number of carboxylic acids is 1. The second-order valence-electron chi connectivity index (χ2n) is 14.4. The molecule has 7 rings (SSSR count). The number of carbonyl (C=O) groups is 4. The van der Waals surface area contributed by atoms with Crippen LogP contribution >= 0.6 is 11.3 Å². The number of allylic oxidation sites excluding steroid dienone is 1. The predicted octanol–water partition coefficient (Wildman–Crippen LogP) is 5.96. The Bertz CT molecular complexity index is 1650. The smallest absolute Gasteiger partial charge is 0.408 e. The third-order valence-corrected chi connectivity index (χ3v) is 11.8. The van der Waals surface area contributed by atoms with E-state index in [0.717, 1.165) is 81.0 Å². The van der Waals surface area contributed by atoms with E-state index in [4.69, 9.17) is 9.57 Å². The molecule has 2 aromatic rings. The molecule has 3 aliphatic carbocycles. The van der Waals surface area contributed by atoms with Crippen LogP contribution in [0.25, 0.3) is 10.4 Å². The molecule has 50 heavy (non-hydrogen) atoms. The number of amides is 3. The highest BCUT2D eigenvalue weighted by Crippen LogP contribution is 2.45. The van der Waals surface area contributed by atoms with Gasteiger partial charge in [0.2, 0.25) is 11.8 Å². The van der Waals surface area contributed by atoms with Gasteiger partial charge in [0.05, 0.1) is 12.3 Å². The lowest BCUT2D eigenvalue weighted by atomic mass is 9.88. The Kier molecular flexibility index (Phi) is 10.3. The Hall–Kier alpha value is -4.19. The number of oxime groups is 1. The van der Waals surface area contributed by atoms with Crippen LogP contribution in [0.3, 0.4) is 0 Å². The first-order chi connectivity index (χ1) is 24.3. The Morgan fingerprint density at radius 3 is 2.66 bits per heavy atom. The number of benzene rings is 1. The summed E-state index contributed by atoms with van der Waals surface area (Å²) in [5.74, 6) is -2.35. The molecule has 3 heterocycles. The Morgan fingerprint density at radius 1 is 1.02 bits per heavy atom. The fourth-order valence-electron chi connectivity index (χ4n) is 7.94. The Labute approximate surface area is 296 Å². The van der Waals surface area contributed by atoms with E-state index in [2.05, 4.69) is 45.4 Å². The molecule has 0 unspecified atom stereocenters. The number of ether oxygens (including phenoxy) is 1. The largest absolute Gasteiger partial charge is 0.479 e. The van der Waals surface area contributed by atoms with Crippen molar-refractivity contribution in [3.63, 3.8) is 0 Å². The molecule has 3 fully saturated rings. The van der Waals surface area contributed by atoms with Gasteiger partial charge in [0.25, 0.3) is 0 Å². The van der Waals surface area contributed by atoms with Crippen LogP contribution in [0.4, 0.5) is 4.79 Å². The van der Waals surface area contributed by atoms with Gasteiger partial charge in [0, 0.05) is 22.8 Å². The molecule has 12 heteroatoms. The Morgan fingerprint density at radius 2 is 1.86 bits per heavy atom. The molecule has 5 atom stereocenters. The molecule has 1 saturated heterocycles. The summed E-state index contributed by atoms with van der Waals surface area (Å²) in [7, 11) is 0. The van der Waals surface area contributed by atoms with Crippen molar-refractivity contribution in [1.29, 1.82) is 0 Å². The number of carboxylic acid groups (broad SMARTS) is 1. The third-order valence-electron chi connectivity index (χ3n) is 10.9. The molecule has 3 amide bonds. The molecule has 2 saturated carbocycles. The van der Waals surface area contributed by atoms with Crippen molar-refractivity contribution < 1.29 is 33.9 Å². The van der Waals surface area contributed by atoms with Gasteiger partial charge in [-0.05, 0) is 99.3 Å². The number of nitrogens with one attached hydrogen (secondary N) is 2. The van der Waals surface area contributed by atoms with Crippen LogP contribution in [-0.2, 0) is 30.4 Å². The highest BCUT2D eigenvalue weighted by Gasteiger charge is 2.61. The first kappa shape index (κ1) is 34.3. The maximum absolute atomic E-state index is 14.3. The van der Waals surface area contributed by atoms with E-state index in [1.54, 1.807) is 11.3 Å². The maximum atomic E-state index is 14.3.